The third kappa shape index (κ3) is 3.26. The van der Waals surface area contributed by atoms with Crippen LogP contribution in [0.25, 0.3) is 0 Å². The van der Waals surface area contributed by atoms with Crippen molar-refractivity contribution in [2.45, 2.75) is 20.0 Å². The molecule has 1 rings (SSSR count). The van der Waals surface area contributed by atoms with Crippen molar-refractivity contribution in [1.29, 1.82) is 0 Å². The summed E-state index contributed by atoms with van der Waals surface area (Å²) < 4.78 is 18.4. The van der Waals surface area contributed by atoms with Crippen LogP contribution in [0.1, 0.15) is 24.2 Å². The molecule has 0 bridgehead atoms. The minimum atomic E-state index is -1.19. The predicted octanol–water partition coefficient (Wildman–Crippen LogP) is 2.64. The molecule has 0 spiro atoms. The number of aliphatic carboxylic acids is 1. The maximum Gasteiger partial charge on any atom is 0.344 e. The van der Waals surface area contributed by atoms with Crippen molar-refractivity contribution in [2.75, 3.05) is 0 Å². The molecule has 92 valence electrons. The van der Waals surface area contributed by atoms with E-state index in [-0.39, 0.29) is 21.6 Å². The van der Waals surface area contributed by atoms with Crippen LogP contribution in [0.4, 0.5) is 4.39 Å². The summed E-state index contributed by atoms with van der Waals surface area (Å²) in [5.74, 6) is -2.23. The van der Waals surface area contributed by atoms with E-state index in [0.717, 1.165) is 6.07 Å². The van der Waals surface area contributed by atoms with E-state index >= 15 is 0 Å². The fraction of sp³-hybridized carbons (Fsp3) is 0.273. The second kappa shape index (κ2) is 5.27. The maximum absolute atomic E-state index is 13.3. The monoisotopic (exact) mass is 304 g/mol. The van der Waals surface area contributed by atoms with Crippen LogP contribution in [0.2, 0.25) is 0 Å². The average Bonchev–Trinajstić information content (AvgIpc) is 2.22. The highest BCUT2D eigenvalue weighted by Crippen LogP contribution is 2.27. The van der Waals surface area contributed by atoms with E-state index in [1.165, 1.54) is 19.9 Å². The molecule has 1 N–H and O–H groups in total. The van der Waals surface area contributed by atoms with Gasteiger partial charge < -0.3 is 9.84 Å². The number of carbonyl (C=O) groups is 2. The zero-order valence-corrected chi connectivity index (χ0v) is 10.7. The summed E-state index contributed by atoms with van der Waals surface area (Å²) in [6.07, 6.45) is -1.16. The van der Waals surface area contributed by atoms with E-state index in [0.29, 0.717) is 0 Å². The number of rotatable bonds is 4. The van der Waals surface area contributed by atoms with Gasteiger partial charge in [0.1, 0.15) is 11.6 Å². The van der Waals surface area contributed by atoms with Crippen LogP contribution in [0.5, 0.6) is 5.75 Å². The molecular weight excluding hydrogens is 295 g/mol. The molecule has 0 saturated carbocycles. The van der Waals surface area contributed by atoms with Gasteiger partial charge in [-0.05, 0) is 35.8 Å². The molecule has 1 aromatic rings. The summed E-state index contributed by atoms with van der Waals surface area (Å²) in [5, 5.41) is 8.68. The minimum Gasteiger partial charge on any atom is -0.479 e. The Kier molecular flexibility index (Phi) is 4.22. The Balaban J connectivity index is 3.17. The number of carboxylic acids is 1. The summed E-state index contributed by atoms with van der Waals surface area (Å²) in [5.41, 5.74) is 0.131. The van der Waals surface area contributed by atoms with Crippen molar-refractivity contribution in [3.05, 3.63) is 28.0 Å². The lowest BCUT2D eigenvalue weighted by Gasteiger charge is -2.13. The minimum absolute atomic E-state index is 0.0758. The second-order valence-electron chi connectivity index (χ2n) is 3.42. The average molecular weight is 305 g/mol. The van der Waals surface area contributed by atoms with E-state index in [1.54, 1.807) is 0 Å². The van der Waals surface area contributed by atoms with Crippen LogP contribution in [0, 0.1) is 5.82 Å². The smallest absolute Gasteiger partial charge is 0.344 e. The van der Waals surface area contributed by atoms with E-state index in [4.69, 9.17) is 9.84 Å². The van der Waals surface area contributed by atoms with Gasteiger partial charge in [-0.25, -0.2) is 9.18 Å². The Bertz CT molecular complexity index is 473. The van der Waals surface area contributed by atoms with Crippen LogP contribution in [-0.4, -0.2) is 23.0 Å². The lowest BCUT2D eigenvalue weighted by atomic mass is 10.1. The molecule has 0 aromatic heterocycles. The highest BCUT2D eigenvalue weighted by molar-refractivity contribution is 9.10. The molecular formula is C11H10BrFO4. The van der Waals surface area contributed by atoms with Gasteiger partial charge in [-0.2, -0.15) is 0 Å². The first-order valence-electron chi connectivity index (χ1n) is 4.72. The van der Waals surface area contributed by atoms with Crippen molar-refractivity contribution >= 4 is 27.7 Å². The molecule has 4 nitrogen and oxygen atoms in total. The number of Topliss-reactive ketones (excluding diaryl/α,β-unsaturated/α-hetero) is 1. The fourth-order valence-corrected chi connectivity index (χ4v) is 1.49. The van der Waals surface area contributed by atoms with Gasteiger partial charge in [0.25, 0.3) is 0 Å². The number of carboxylic acid groups (broad SMARTS) is 1. The van der Waals surface area contributed by atoms with Gasteiger partial charge in [-0.15, -0.1) is 0 Å². The highest BCUT2D eigenvalue weighted by atomic mass is 79.9. The Morgan fingerprint density at radius 2 is 2.06 bits per heavy atom. The predicted molar refractivity (Wildman–Crippen MR) is 61.8 cm³/mol. The third-order valence-electron chi connectivity index (χ3n) is 2.05. The zero-order chi connectivity index (χ0) is 13.2. The van der Waals surface area contributed by atoms with E-state index in [2.05, 4.69) is 15.9 Å². The van der Waals surface area contributed by atoms with Crippen molar-refractivity contribution in [3.63, 3.8) is 0 Å². The first-order valence-corrected chi connectivity index (χ1v) is 5.51. The highest BCUT2D eigenvalue weighted by Gasteiger charge is 2.18. The summed E-state index contributed by atoms with van der Waals surface area (Å²) in [7, 11) is 0. The fourth-order valence-electron chi connectivity index (χ4n) is 1.14. The summed E-state index contributed by atoms with van der Waals surface area (Å²) in [6, 6.07) is 2.25. The second-order valence-corrected chi connectivity index (χ2v) is 4.27. The first kappa shape index (κ1) is 13.6. The van der Waals surface area contributed by atoms with Gasteiger partial charge in [-0.3, -0.25) is 4.79 Å². The molecule has 0 aliphatic heterocycles. The van der Waals surface area contributed by atoms with Gasteiger partial charge in [0.15, 0.2) is 11.9 Å². The van der Waals surface area contributed by atoms with Crippen molar-refractivity contribution < 1.29 is 23.8 Å². The molecule has 1 unspecified atom stereocenters. The Labute approximate surface area is 106 Å². The van der Waals surface area contributed by atoms with Crippen LogP contribution in [0.15, 0.2) is 16.6 Å². The van der Waals surface area contributed by atoms with E-state index < -0.39 is 17.9 Å². The third-order valence-corrected chi connectivity index (χ3v) is 2.66. The van der Waals surface area contributed by atoms with Gasteiger partial charge in [0.05, 0.1) is 10.0 Å². The van der Waals surface area contributed by atoms with Gasteiger partial charge in [0.2, 0.25) is 0 Å². The zero-order valence-electron chi connectivity index (χ0n) is 9.16. The topological polar surface area (TPSA) is 63.6 Å². The lowest BCUT2D eigenvalue weighted by molar-refractivity contribution is -0.144. The molecule has 0 saturated heterocycles. The summed E-state index contributed by atoms with van der Waals surface area (Å²) in [6.45, 7) is 2.59. The van der Waals surface area contributed by atoms with Crippen LogP contribution in [-0.2, 0) is 4.79 Å². The molecule has 0 heterocycles. The quantitative estimate of drug-likeness (QED) is 0.869. The largest absolute Gasteiger partial charge is 0.479 e. The lowest BCUT2D eigenvalue weighted by Crippen LogP contribution is -2.23. The number of ether oxygens (including phenoxy) is 1. The molecule has 6 heteroatoms. The Hall–Kier alpha value is -1.43. The van der Waals surface area contributed by atoms with E-state index in [9.17, 15) is 14.0 Å². The molecule has 0 fully saturated rings. The number of benzene rings is 1. The summed E-state index contributed by atoms with van der Waals surface area (Å²) in [4.78, 5) is 21.9. The number of hydrogen-bond acceptors (Lipinski definition) is 3. The number of halogens is 2. The SMILES string of the molecule is CC(=O)c1cc(Br)c(F)cc1OC(C)C(=O)O. The van der Waals surface area contributed by atoms with E-state index in [1.807, 2.05) is 0 Å². The number of carbonyl (C=O) groups excluding carboxylic acids is 1. The molecule has 0 amide bonds. The number of ketones is 1. The molecule has 0 aliphatic rings. The van der Waals surface area contributed by atoms with Gasteiger partial charge >= 0.3 is 5.97 Å². The summed E-state index contributed by atoms with van der Waals surface area (Å²) >= 11 is 2.94. The van der Waals surface area contributed by atoms with Crippen molar-refractivity contribution in [3.8, 4) is 5.75 Å². The van der Waals surface area contributed by atoms with Crippen LogP contribution < -0.4 is 4.74 Å². The molecule has 1 aromatic carbocycles. The molecule has 1 atom stereocenters. The maximum atomic E-state index is 13.3. The van der Waals surface area contributed by atoms with Gasteiger partial charge in [0, 0.05) is 6.07 Å². The van der Waals surface area contributed by atoms with Crippen LogP contribution in [0.3, 0.4) is 0 Å². The van der Waals surface area contributed by atoms with Crippen molar-refractivity contribution in [2.24, 2.45) is 0 Å². The normalized spacial score (nSPS) is 12.0. The first-order chi connectivity index (χ1) is 7.82. The standard InChI is InChI=1S/C11H10BrFO4/c1-5(14)7-3-8(12)9(13)4-10(7)17-6(2)11(15)16/h3-4,6H,1-2H3,(H,15,16). The number of hydrogen-bond donors (Lipinski definition) is 1. The Morgan fingerprint density at radius 1 is 1.47 bits per heavy atom. The molecule has 0 radical (unpaired) electrons. The van der Waals surface area contributed by atoms with Crippen LogP contribution >= 0.6 is 15.9 Å². The van der Waals surface area contributed by atoms with Gasteiger partial charge in [-0.1, -0.05) is 0 Å². The molecule has 0 aliphatic carbocycles. The molecule has 17 heavy (non-hydrogen) atoms. The van der Waals surface area contributed by atoms with Crippen molar-refractivity contribution in [1.82, 2.24) is 0 Å². The Morgan fingerprint density at radius 3 is 2.53 bits per heavy atom.